The molecule has 5 nitrogen and oxygen atoms in total. The van der Waals surface area contributed by atoms with E-state index in [0.717, 1.165) is 55.2 Å². The molecule has 1 N–H and O–H groups in total. The molecule has 1 aromatic heterocycles. The number of ether oxygens (including phenoxy) is 1. The van der Waals surface area contributed by atoms with Crippen LogP contribution in [0.2, 0.25) is 10.0 Å². The monoisotopic (exact) mass is 546 g/mol. The molecule has 198 valence electrons. The van der Waals surface area contributed by atoms with Crippen LogP contribution in [0, 0.1) is 11.8 Å². The third kappa shape index (κ3) is 6.92. The lowest BCUT2D eigenvalue weighted by molar-refractivity contribution is -0.146. The van der Waals surface area contributed by atoms with E-state index in [1.54, 1.807) is 25.4 Å². The van der Waals surface area contributed by atoms with Crippen LogP contribution in [-0.4, -0.2) is 47.7 Å². The van der Waals surface area contributed by atoms with Gasteiger partial charge in [0.15, 0.2) is 0 Å². The minimum absolute atomic E-state index is 0.0418. The van der Waals surface area contributed by atoms with Gasteiger partial charge in [-0.1, -0.05) is 35.3 Å². The Morgan fingerprint density at radius 2 is 2.08 bits per heavy atom. The van der Waals surface area contributed by atoms with Gasteiger partial charge in [-0.05, 0) is 99.0 Å². The van der Waals surface area contributed by atoms with Gasteiger partial charge >= 0.3 is 5.97 Å². The molecule has 0 amide bonds. The Labute approximate surface area is 227 Å². The summed E-state index contributed by atoms with van der Waals surface area (Å²) in [6.45, 7) is 2.17. The minimum atomic E-state index is -1.19. The molecule has 1 fully saturated rings. The van der Waals surface area contributed by atoms with E-state index in [4.69, 9.17) is 27.9 Å². The smallest absolute Gasteiger partial charge is 0.308 e. The number of carboxylic acids is 1. The summed E-state index contributed by atoms with van der Waals surface area (Å²) in [7, 11) is 1.58. The molecule has 0 aliphatic carbocycles. The topological polar surface area (TPSA) is 62.7 Å². The van der Waals surface area contributed by atoms with Crippen molar-refractivity contribution in [1.82, 2.24) is 9.88 Å². The number of pyridine rings is 1. The van der Waals surface area contributed by atoms with Crippen molar-refractivity contribution in [2.24, 2.45) is 11.8 Å². The highest BCUT2D eigenvalue weighted by Crippen LogP contribution is 2.35. The predicted octanol–water partition coefficient (Wildman–Crippen LogP) is 7.39. The summed E-state index contributed by atoms with van der Waals surface area (Å²) in [5.41, 5.74) is 2.33. The number of carbonyl (C=O) groups is 1. The van der Waals surface area contributed by atoms with Crippen LogP contribution in [-0.2, 0) is 11.2 Å². The lowest BCUT2D eigenvalue weighted by Gasteiger charge is -2.37. The van der Waals surface area contributed by atoms with Crippen LogP contribution in [0.25, 0.3) is 10.9 Å². The van der Waals surface area contributed by atoms with Crippen molar-refractivity contribution in [3.63, 3.8) is 0 Å². The molecule has 3 aromatic rings. The molecule has 0 bridgehead atoms. The summed E-state index contributed by atoms with van der Waals surface area (Å²) in [5.74, 6) is -0.671. The fourth-order valence-corrected chi connectivity index (χ4v) is 5.77. The van der Waals surface area contributed by atoms with Crippen LogP contribution in [0.1, 0.15) is 49.4 Å². The third-order valence-corrected chi connectivity index (χ3v) is 8.33. The summed E-state index contributed by atoms with van der Waals surface area (Å²) < 4.78 is 20.7. The summed E-state index contributed by atoms with van der Waals surface area (Å²) >= 11 is 12.4. The average Bonchev–Trinajstić information content (AvgIpc) is 2.91. The van der Waals surface area contributed by atoms with Crippen molar-refractivity contribution < 1.29 is 19.0 Å². The number of carboxylic acid groups (broad SMARTS) is 1. The first-order chi connectivity index (χ1) is 17.9. The molecule has 2 aromatic carbocycles. The number of alkyl halides is 1. The van der Waals surface area contributed by atoms with Gasteiger partial charge in [0.25, 0.3) is 0 Å². The number of methoxy groups -OCH3 is 1. The second kappa shape index (κ2) is 12.9. The number of nitrogens with zero attached hydrogens (tertiary/aromatic N) is 2. The van der Waals surface area contributed by atoms with Gasteiger partial charge in [0.2, 0.25) is 0 Å². The van der Waals surface area contributed by atoms with Crippen molar-refractivity contribution in [2.75, 3.05) is 26.7 Å². The average molecular weight is 547 g/mol. The molecule has 37 heavy (non-hydrogen) atoms. The normalized spacial score (nSPS) is 19.1. The first-order valence-electron chi connectivity index (χ1n) is 12.8. The highest BCUT2D eigenvalue weighted by atomic mass is 35.5. The first-order valence-corrected chi connectivity index (χ1v) is 13.6. The Bertz CT molecular complexity index is 1220. The van der Waals surface area contributed by atoms with Crippen molar-refractivity contribution in [3.8, 4) is 5.75 Å². The number of piperidine rings is 1. The SMILES string of the molecule is COc1ccc2nccc([C@H](F)CC[C@@H]3CCN(CCCCc4cccc(Cl)c4Cl)C[C@@H]3C(=O)O)c2c1. The van der Waals surface area contributed by atoms with Gasteiger partial charge in [-0.3, -0.25) is 9.78 Å². The zero-order valence-electron chi connectivity index (χ0n) is 21.0. The number of benzene rings is 2. The molecule has 4 rings (SSSR count). The molecule has 2 heterocycles. The van der Waals surface area contributed by atoms with Crippen LogP contribution in [0.4, 0.5) is 4.39 Å². The first kappa shape index (κ1) is 27.6. The van der Waals surface area contributed by atoms with Crippen LogP contribution in [0.15, 0.2) is 48.7 Å². The number of halogens is 3. The number of hydrogen-bond acceptors (Lipinski definition) is 4. The van der Waals surface area contributed by atoms with E-state index < -0.39 is 18.1 Å². The fraction of sp³-hybridized carbons (Fsp3) is 0.448. The van der Waals surface area contributed by atoms with Crippen molar-refractivity contribution in [1.29, 1.82) is 0 Å². The summed E-state index contributed by atoms with van der Waals surface area (Å²) in [5, 5.41) is 11.8. The van der Waals surface area contributed by atoms with Gasteiger partial charge in [0.05, 0.1) is 28.6 Å². The lowest BCUT2D eigenvalue weighted by Crippen LogP contribution is -2.44. The molecule has 8 heteroatoms. The quantitative estimate of drug-likeness (QED) is 0.254. The van der Waals surface area contributed by atoms with Crippen LogP contribution < -0.4 is 4.74 Å². The Balaban J connectivity index is 1.30. The van der Waals surface area contributed by atoms with E-state index in [1.807, 2.05) is 30.3 Å². The van der Waals surface area contributed by atoms with E-state index >= 15 is 4.39 Å². The molecule has 1 aliphatic rings. The maximum Gasteiger partial charge on any atom is 0.308 e. The highest BCUT2D eigenvalue weighted by Gasteiger charge is 2.34. The van der Waals surface area contributed by atoms with E-state index in [1.165, 1.54) is 0 Å². The molecular formula is C29H33Cl2FN2O3. The lowest BCUT2D eigenvalue weighted by atomic mass is 9.81. The van der Waals surface area contributed by atoms with Gasteiger partial charge in [-0.2, -0.15) is 0 Å². The van der Waals surface area contributed by atoms with Gasteiger partial charge in [-0.25, -0.2) is 4.39 Å². The Kier molecular flexibility index (Phi) is 9.63. The second-order valence-electron chi connectivity index (χ2n) is 9.79. The minimum Gasteiger partial charge on any atom is -0.497 e. The number of unbranched alkanes of at least 4 members (excludes halogenated alkanes) is 1. The van der Waals surface area contributed by atoms with Crippen LogP contribution in [0.5, 0.6) is 5.75 Å². The van der Waals surface area contributed by atoms with Gasteiger partial charge < -0.3 is 14.7 Å². The molecular weight excluding hydrogens is 514 g/mol. The summed E-state index contributed by atoms with van der Waals surface area (Å²) in [4.78, 5) is 18.6. The maximum atomic E-state index is 15.4. The van der Waals surface area contributed by atoms with E-state index in [2.05, 4.69) is 9.88 Å². The standard InChI is InChI=1S/C29H33Cl2FN2O3/c1-37-21-9-11-27-23(17-21)22(12-14-33-27)26(32)10-8-19-13-16-34(18-24(19)29(35)36)15-3-2-5-20-6-4-7-25(30)28(20)31/h4,6-7,9,11-12,14,17,19,24,26H,2-3,5,8,10,13,15-16,18H2,1H3,(H,35,36)/t19-,24+,26-/m1/s1. The zero-order chi connectivity index (χ0) is 26.4. The second-order valence-corrected chi connectivity index (χ2v) is 10.6. The predicted molar refractivity (Wildman–Crippen MR) is 146 cm³/mol. The van der Waals surface area contributed by atoms with Crippen LogP contribution in [0.3, 0.4) is 0 Å². The summed E-state index contributed by atoms with van der Waals surface area (Å²) in [6, 6.07) is 12.8. The number of aromatic nitrogens is 1. The molecule has 0 unspecified atom stereocenters. The molecule has 0 radical (unpaired) electrons. The van der Waals surface area contributed by atoms with Crippen LogP contribution >= 0.6 is 23.2 Å². The van der Waals surface area contributed by atoms with Crippen molar-refractivity contribution >= 4 is 40.1 Å². The number of aliphatic carboxylic acids is 1. The van der Waals surface area contributed by atoms with Crippen molar-refractivity contribution in [3.05, 3.63) is 69.8 Å². The largest absolute Gasteiger partial charge is 0.497 e. The Morgan fingerprint density at radius 1 is 1.24 bits per heavy atom. The van der Waals surface area contributed by atoms with E-state index in [0.29, 0.717) is 34.3 Å². The third-order valence-electron chi connectivity index (χ3n) is 7.47. The van der Waals surface area contributed by atoms with Gasteiger partial charge in [-0.15, -0.1) is 0 Å². The van der Waals surface area contributed by atoms with E-state index in [9.17, 15) is 9.90 Å². The highest BCUT2D eigenvalue weighted by molar-refractivity contribution is 6.42. The number of fused-ring (bicyclic) bond motifs is 1. The molecule has 0 saturated carbocycles. The maximum absolute atomic E-state index is 15.4. The molecule has 0 spiro atoms. The Hall–Kier alpha value is -2.41. The van der Waals surface area contributed by atoms with E-state index in [-0.39, 0.29) is 12.3 Å². The Morgan fingerprint density at radius 3 is 2.86 bits per heavy atom. The van der Waals surface area contributed by atoms with Crippen molar-refractivity contribution in [2.45, 2.75) is 44.7 Å². The number of rotatable bonds is 11. The molecule has 3 atom stereocenters. The fourth-order valence-electron chi connectivity index (χ4n) is 5.35. The zero-order valence-corrected chi connectivity index (χ0v) is 22.5. The molecule has 1 saturated heterocycles. The van der Waals surface area contributed by atoms with Gasteiger partial charge in [0.1, 0.15) is 11.9 Å². The van der Waals surface area contributed by atoms with Gasteiger partial charge in [0, 0.05) is 18.1 Å². The number of aryl methyl sites for hydroxylation is 1. The number of hydrogen-bond donors (Lipinski definition) is 1. The summed E-state index contributed by atoms with van der Waals surface area (Å²) in [6.07, 6.45) is 4.74. The molecule has 1 aliphatic heterocycles. The number of likely N-dealkylation sites (tertiary alicyclic amines) is 1.